The Labute approximate surface area is 347 Å². The van der Waals surface area contributed by atoms with Crippen LogP contribution in [0.5, 0.6) is 0 Å². The van der Waals surface area contributed by atoms with E-state index in [1.165, 1.54) is 5.56 Å². The summed E-state index contributed by atoms with van der Waals surface area (Å²) < 4.78 is 4.61. The molecule has 5 heteroatoms. The van der Waals surface area contributed by atoms with Crippen LogP contribution in [0.25, 0.3) is 89.2 Å². The Bertz CT molecular complexity index is 3010. The van der Waals surface area contributed by atoms with Crippen LogP contribution in [0, 0.1) is 12.1 Å². The molecule has 0 fully saturated rings. The largest absolute Gasteiger partial charge is 2.00 e. The number of hydrogen-bond acceptors (Lipinski definition) is 2. The van der Waals surface area contributed by atoms with Crippen molar-refractivity contribution in [1.82, 2.24) is 19.1 Å². The zero-order valence-electron chi connectivity index (χ0n) is 31.8. The van der Waals surface area contributed by atoms with Crippen LogP contribution in [0.4, 0.5) is 0 Å². The molecular formula is C52H38N4Pt. The van der Waals surface area contributed by atoms with E-state index in [1.807, 2.05) is 18.2 Å². The van der Waals surface area contributed by atoms with Crippen molar-refractivity contribution >= 4 is 32.8 Å². The van der Waals surface area contributed by atoms with E-state index in [0.29, 0.717) is 0 Å². The minimum absolute atomic E-state index is 0. The predicted octanol–water partition coefficient (Wildman–Crippen LogP) is 13.1. The van der Waals surface area contributed by atoms with Gasteiger partial charge in [0, 0.05) is 16.6 Å². The number of nitrogens with zero attached hydrogens (tertiary/aromatic N) is 4. The van der Waals surface area contributed by atoms with Gasteiger partial charge in [-0.3, -0.25) is 9.55 Å². The van der Waals surface area contributed by atoms with E-state index >= 15 is 0 Å². The van der Waals surface area contributed by atoms with Crippen molar-refractivity contribution in [1.29, 1.82) is 0 Å². The van der Waals surface area contributed by atoms with E-state index in [-0.39, 0.29) is 26.5 Å². The molecule has 7 aromatic carbocycles. The van der Waals surface area contributed by atoms with Crippen molar-refractivity contribution in [3.05, 3.63) is 194 Å². The first kappa shape index (κ1) is 36.3. The maximum Gasteiger partial charge on any atom is 2.00 e. The van der Waals surface area contributed by atoms with E-state index in [9.17, 15) is 0 Å². The van der Waals surface area contributed by atoms with Gasteiger partial charge in [0.25, 0.3) is 0 Å². The van der Waals surface area contributed by atoms with Gasteiger partial charge in [0.2, 0.25) is 5.95 Å². The molecule has 10 rings (SSSR count). The number of aromatic nitrogens is 4. The summed E-state index contributed by atoms with van der Waals surface area (Å²) in [4.78, 5) is 10.9. The fourth-order valence-corrected chi connectivity index (χ4v) is 7.94. The Kier molecular flexibility index (Phi) is 9.31. The summed E-state index contributed by atoms with van der Waals surface area (Å²) in [5.74, 6) is 0.793. The molecule has 0 unspecified atom stereocenters. The summed E-state index contributed by atoms with van der Waals surface area (Å²) >= 11 is 0. The quantitative estimate of drug-likeness (QED) is 0.156. The third-order valence-electron chi connectivity index (χ3n) is 10.8. The van der Waals surface area contributed by atoms with Gasteiger partial charge in [-0.15, -0.1) is 40.8 Å². The molecule has 0 spiro atoms. The van der Waals surface area contributed by atoms with Crippen molar-refractivity contribution in [2.75, 3.05) is 0 Å². The van der Waals surface area contributed by atoms with Crippen LogP contribution in [0.15, 0.2) is 176 Å². The van der Waals surface area contributed by atoms with Crippen molar-refractivity contribution in [3.8, 4) is 56.4 Å². The van der Waals surface area contributed by atoms with Gasteiger partial charge in [-0.25, -0.2) is 4.98 Å². The first-order valence-corrected chi connectivity index (χ1v) is 19.1. The molecule has 4 nitrogen and oxygen atoms in total. The van der Waals surface area contributed by atoms with Gasteiger partial charge < -0.3 is 4.57 Å². The Balaban J connectivity index is 0.00000422. The average Bonchev–Trinajstić information content (AvgIpc) is 3.79. The van der Waals surface area contributed by atoms with Crippen molar-refractivity contribution in [2.45, 2.75) is 26.2 Å². The first-order chi connectivity index (χ1) is 27.4. The Morgan fingerprint density at radius 1 is 0.491 bits per heavy atom. The summed E-state index contributed by atoms with van der Waals surface area (Å²) in [6.07, 6.45) is 0. The summed E-state index contributed by atoms with van der Waals surface area (Å²) in [6.45, 7) is 6.81. The summed E-state index contributed by atoms with van der Waals surface area (Å²) in [5, 5.41) is 2.30. The molecule has 0 aliphatic carbocycles. The average molecular weight is 914 g/mol. The van der Waals surface area contributed by atoms with Crippen LogP contribution >= 0.6 is 0 Å². The zero-order valence-corrected chi connectivity index (χ0v) is 34.1. The van der Waals surface area contributed by atoms with Crippen LogP contribution in [-0.4, -0.2) is 19.1 Å². The smallest absolute Gasteiger partial charge is 0.304 e. The number of fused-ring (bicyclic) bond motifs is 4. The molecule has 0 amide bonds. The van der Waals surface area contributed by atoms with Crippen molar-refractivity contribution in [2.24, 2.45) is 0 Å². The minimum Gasteiger partial charge on any atom is -0.304 e. The molecular weight excluding hydrogens is 876 g/mol. The molecule has 0 radical (unpaired) electrons. The van der Waals surface area contributed by atoms with Crippen LogP contribution in [0.2, 0.25) is 0 Å². The van der Waals surface area contributed by atoms with Gasteiger partial charge in [-0.05, 0) is 63.5 Å². The molecule has 0 saturated heterocycles. The fourth-order valence-electron chi connectivity index (χ4n) is 7.94. The molecule has 57 heavy (non-hydrogen) atoms. The second-order valence-electron chi connectivity index (χ2n) is 15.3. The molecule has 276 valence electrons. The maximum atomic E-state index is 5.63. The van der Waals surface area contributed by atoms with Crippen LogP contribution in [0.3, 0.4) is 0 Å². The van der Waals surface area contributed by atoms with Crippen molar-refractivity contribution in [3.63, 3.8) is 0 Å². The van der Waals surface area contributed by atoms with Crippen LogP contribution < -0.4 is 0 Å². The molecule has 0 aliphatic heterocycles. The predicted molar refractivity (Wildman–Crippen MR) is 231 cm³/mol. The molecule has 10 aromatic rings. The third kappa shape index (κ3) is 6.41. The molecule has 0 bridgehead atoms. The molecule has 0 aliphatic rings. The van der Waals surface area contributed by atoms with Crippen molar-refractivity contribution < 1.29 is 21.1 Å². The van der Waals surface area contributed by atoms with Gasteiger partial charge in [0.05, 0.1) is 16.9 Å². The molecule has 3 heterocycles. The van der Waals surface area contributed by atoms with Gasteiger partial charge in [0.15, 0.2) is 0 Å². The molecule has 0 N–H and O–H groups in total. The van der Waals surface area contributed by atoms with Gasteiger partial charge >= 0.3 is 21.1 Å². The molecule has 0 atom stereocenters. The SMILES string of the molecule is CC(C)(C)c1ccc(-n2c(-n3c4[c-]cccc4c4ccccc43)nc3c(-c4cccc(-c5[c-]ccc(-c6ccccc6)c5)n4)cccc32)c(-c2ccccc2)c1.[Pt+2]. The standard InChI is InChI=1S/C52H38N4.Pt/c1-52(2,3)39-31-32-48(43(34-39)36-19-8-5-9-20-36)56-49-30-15-25-42(45-27-16-26-44(53-45)38-22-14-21-37(33-38)35-17-6-4-7-18-35)50(49)54-51(56)55-46-28-12-10-23-40(46)41-24-11-13-29-47(41)55;/h4-21,23-28,30-34H,1-3H3;/q-2;+2. The summed E-state index contributed by atoms with van der Waals surface area (Å²) in [5.41, 5.74) is 14.4. The number of pyridine rings is 1. The normalized spacial score (nSPS) is 11.6. The van der Waals surface area contributed by atoms with Crippen LogP contribution in [-0.2, 0) is 26.5 Å². The number of benzene rings is 7. The van der Waals surface area contributed by atoms with E-state index in [0.717, 1.165) is 89.2 Å². The topological polar surface area (TPSA) is 35.6 Å². The number of rotatable bonds is 6. The van der Waals surface area contributed by atoms with E-state index in [2.05, 4.69) is 200 Å². The van der Waals surface area contributed by atoms with Gasteiger partial charge in [-0.1, -0.05) is 135 Å². The fraction of sp³-hybridized carbons (Fsp3) is 0.0769. The Hall–Kier alpha value is -6.35. The second-order valence-corrected chi connectivity index (χ2v) is 15.3. The van der Waals surface area contributed by atoms with Crippen LogP contribution in [0.1, 0.15) is 26.3 Å². The molecule has 0 saturated carbocycles. The number of para-hydroxylation sites is 3. The van der Waals surface area contributed by atoms with E-state index in [1.54, 1.807) is 0 Å². The first-order valence-electron chi connectivity index (χ1n) is 19.1. The maximum absolute atomic E-state index is 5.63. The Morgan fingerprint density at radius 2 is 1.19 bits per heavy atom. The summed E-state index contributed by atoms with van der Waals surface area (Å²) in [6, 6.07) is 68.8. The second kappa shape index (κ2) is 14.6. The zero-order chi connectivity index (χ0) is 37.8. The minimum atomic E-state index is -0.0361. The van der Waals surface area contributed by atoms with Gasteiger partial charge in [0.1, 0.15) is 5.52 Å². The van der Waals surface area contributed by atoms with Gasteiger partial charge in [-0.2, -0.15) is 24.3 Å². The molecule has 3 aromatic heterocycles. The summed E-state index contributed by atoms with van der Waals surface area (Å²) in [7, 11) is 0. The van der Waals surface area contributed by atoms with E-state index < -0.39 is 0 Å². The number of hydrogen-bond donors (Lipinski definition) is 0. The Morgan fingerprint density at radius 3 is 2.00 bits per heavy atom. The monoisotopic (exact) mass is 913 g/mol. The van der Waals surface area contributed by atoms with E-state index in [4.69, 9.17) is 9.97 Å². The number of imidazole rings is 1. The third-order valence-corrected chi connectivity index (χ3v) is 10.8.